The van der Waals surface area contributed by atoms with Gasteiger partial charge in [-0.1, -0.05) is 12.1 Å². The molecule has 0 bridgehead atoms. The van der Waals surface area contributed by atoms with Crippen molar-refractivity contribution in [2.24, 2.45) is 0 Å². The average molecular weight is 751 g/mol. The first-order valence-electron chi connectivity index (χ1n) is 19.3. The largest absolute Gasteiger partial charge is 0.486 e. The second-order valence-corrected chi connectivity index (χ2v) is 15.4. The number of carbonyl (C=O) groups is 1. The van der Waals surface area contributed by atoms with Crippen LogP contribution in [0.5, 0.6) is 11.5 Å². The maximum absolute atomic E-state index is 12.5. The lowest BCUT2D eigenvalue weighted by molar-refractivity contribution is -0.125. The molecule has 13 heteroatoms. The van der Waals surface area contributed by atoms with Crippen LogP contribution in [-0.4, -0.2) is 70.5 Å². The van der Waals surface area contributed by atoms with Crippen molar-refractivity contribution in [2.75, 3.05) is 13.2 Å². The number of pyridine rings is 1. The van der Waals surface area contributed by atoms with Crippen LogP contribution in [0.2, 0.25) is 0 Å². The Hall–Kier alpha value is -4.98. The Kier molecular flexibility index (Phi) is 11.4. The first-order valence-corrected chi connectivity index (χ1v) is 19.3. The number of fused-ring (bicyclic) bond motifs is 3. The first kappa shape index (κ1) is 38.3. The van der Waals surface area contributed by atoms with Gasteiger partial charge in [0, 0.05) is 44.6 Å². The van der Waals surface area contributed by atoms with Crippen molar-refractivity contribution in [3.8, 4) is 11.5 Å². The fraction of sp³-hybridized carbons (Fsp3) is 0.476. The highest BCUT2D eigenvalue weighted by Gasteiger charge is 2.34. The molecule has 4 heterocycles. The fourth-order valence-corrected chi connectivity index (χ4v) is 7.83. The summed E-state index contributed by atoms with van der Waals surface area (Å²) in [5, 5.41) is 25.3. The number of aryl methyl sites for hydroxylation is 4. The monoisotopic (exact) mass is 750 g/mol. The van der Waals surface area contributed by atoms with Gasteiger partial charge < -0.3 is 34.1 Å². The third-order valence-electron chi connectivity index (χ3n) is 11.3. The van der Waals surface area contributed by atoms with Gasteiger partial charge in [0.1, 0.15) is 19.0 Å². The van der Waals surface area contributed by atoms with Gasteiger partial charge in [-0.15, -0.1) is 0 Å². The van der Waals surface area contributed by atoms with Crippen LogP contribution >= 0.6 is 0 Å². The summed E-state index contributed by atoms with van der Waals surface area (Å²) in [6.07, 6.45) is 10.5. The molecule has 5 aromatic rings. The van der Waals surface area contributed by atoms with Gasteiger partial charge in [0.2, 0.25) is 0 Å². The first-order chi connectivity index (χ1) is 26.5. The maximum Gasteiger partial charge on any atom is 0.269 e. The zero-order valence-corrected chi connectivity index (χ0v) is 31.6. The van der Waals surface area contributed by atoms with Crippen LogP contribution in [0.4, 0.5) is 0 Å². The number of benzene rings is 2. The molecule has 3 N–H and O–H groups in total. The number of hydrogen-bond donors (Lipinski definition) is 3. The molecule has 290 valence electrons. The molecule has 8 rings (SSSR count). The zero-order valence-electron chi connectivity index (χ0n) is 31.6. The number of rotatable bonds is 9. The van der Waals surface area contributed by atoms with Crippen molar-refractivity contribution >= 4 is 27.9 Å². The van der Waals surface area contributed by atoms with E-state index < -0.39 is 11.2 Å². The minimum absolute atomic E-state index is 0.126. The lowest BCUT2D eigenvalue weighted by atomic mass is 9.80. The van der Waals surface area contributed by atoms with Gasteiger partial charge in [-0.3, -0.25) is 19.4 Å². The lowest BCUT2D eigenvalue weighted by Gasteiger charge is -2.36. The Labute approximate surface area is 319 Å². The van der Waals surface area contributed by atoms with Crippen LogP contribution in [0.3, 0.4) is 0 Å². The van der Waals surface area contributed by atoms with Gasteiger partial charge in [-0.25, -0.2) is 9.97 Å². The number of ether oxygens (including phenoxy) is 2. The molecule has 0 amide bonds. The van der Waals surface area contributed by atoms with Crippen molar-refractivity contribution in [1.82, 2.24) is 29.4 Å². The standard InChI is InChI=1S/C25H30N4O4.C17H20N2O3/c1-17-2-3-20-21(12-17)29(24(30)16-28-20)9-8-25(31)6-4-18(5-7-25)26-14-19-13-22-23(15-27-19)33-11-10-32-22;1-12-2-3-14-15(10-12)19(16(21)11-18-14)9-8-17(22)6-4-13(20)5-7-17/h2-3,12-13,15-16,18,26,31H,4-11,14H2,1H3;2-3,10-11,22H,4-9H2,1H3. The second kappa shape index (κ2) is 16.4. The number of carbonyl (C=O) groups excluding carboxylic acids is 1. The molecule has 3 aromatic heterocycles. The summed E-state index contributed by atoms with van der Waals surface area (Å²) in [7, 11) is 0. The van der Waals surface area contributed by atoms with Crippen LogP contribution in [0.1, 0.15) is 81.0 Å². The molecular formula is C42H50N6O7. The molecule has 55 heavy (non-hydrogen) atoms. The van der Waals surface area contributed by atoms with Gasteiger partial charge in [-0.2, -0.15) is 0 Å². The predicted octanol–water partition coefficient (Wildman–Crippen LogP) is 4.69. The van der Waals surface area contributed by atoms with Gasteiger partial charge in [0.05, 0.1) is 57.6 Å². The van der Waals surface area contributed by atoms with E-state index in [1.807, 2.05) is 56.3 Å². The molecule has 13 nitrogen and oxygen atoms in total. The van der Waals surface area contributed by atoms with Crippen molar-refractivity contribution in [1.29, 1.82) is 0 Å². The van der Waals surface area contributed by atoms with Crippen LogP contribution in [0, 0.1) is 13.8 Å². The van der Waals surface area contributed by atoms with Gasteiger partial charge in [0.25, 0.3) is 11.1 Å². The normalized spacial score (nSPS) is 20.6. The zero-order chi connectivity index (χ0) is 38.6. The van der Waals surface area contributed by atoms with Crippen molar-refractivity contribution in [3.63, 3.8) is 0 Å². The summed E-state index contributed by atoms with van der Waals surface area (Å²) in [4.78, 5) is 48.8. The Morgan fingerprint density at radius 1 is 0.709 bits per heavy atom. The molecule has 0 radical (unpaired) electrons. The van der Waals surface area contributed by atoms with Gasteiger partial charge in [0.15, 0.2) is 11.5 Å². The highest BCUT2D eigenvalue weighted by molar-refractivity contribution is 5.79. The minimum atomic E-state index is -0.841. The van der Waals surface area contributed by atoms with Crippen LogP contribution in [0.25, 0.3) is 22.1 Å². The van der Waals surface area contributed by atoms with E-state index in [-0.39, 0.29) is 16.9 Å². The molecule has 2 aliphatic carbocycles. The molecule has 0 saturated heterocycles. The van der Waals surface area contributed by atoms with Gasteiger partial charge >= 0.3 is 0 Å². The SMILES string of the molecule is Cc1ccc2ncc(=O)n(CCC3(O)CCC(=O)CC3)c2c1.Cc1ccc2ncc(=O)n(CCC3(O)CCC(NCc4cc5c(cn4)OCCO5)CC3)c2c1. The van der Waals surface area contributed by atoms with E-state index in [0.717, 1.165) is 57.5 Å². The highest BCUT2D eigenvalue weighted by atomic mass is 16.6. The number of nitrogens with zero attached hydrogens (tertiary/aromatic N) is 5. The predicted molar refractivity (Wildman–Crippen MR) is 208 cm³/mol. The smallest absolute Gasteiger partial charge is 0.269 e. The summed E-state index contributed by atoms with van der Waals surface area (Å²) in [5.74, 6) is 1.66. The van der Waals surface area contributed by atoms with Gasteiger partial charge in [-0.05, 0) is 101 Å². The summed E-state index contributed by atoms with van der Waals surface area (Å²) < 4.78 is 14.6. The average Bonchev–Trinajstić information content (AvgIpc) is 3.18. The number of nitrogens with one attached hydrogen (secondary N) is 1. The maximum atomic E-state index is 12.5. The number of ketones is 1. The van der Waals surface area contributed by atoms with Crippen LogP contribution < -0.4 is 25.9 Å². The van der Waals surface area contributed by atoms with E-state index in [9.17, 15) is 24.6 Å². The van der Waals surface area contributed by atoms with E-state index in [2.05, 4.69) is 20.3 Å². The summed E-state index contributed by atoms with van der Waals surface area (Å²) in [6, 6.07) is 14.0. The lowest BCUT2D eigenvalue weighted by Crippen LogP contribution is -2.42. The Bertz CT molecular complexity index is 2280. The molecule has 3 aliphatic rings. The van der Waals surface area contributed by atoms with Crippen molar-refractivity contribution in [3.05, 3.63) is 98.6 Å². The fourth-order valence-electron chi connectivity index (χ4n) is 7.83. The number of aromatic nitrogens is 5. The molecule has 0 spiro atoms. The number of Topliss-reactive ketones (excluding diaryl/α,β-unsaturated/α-hetero) is 1. The third-order valence-corrected chi connectivity index (χ3v) is 11.3. The van der Waals surface area contributed by atoms with E-state index in [1.54, 1.807) is 15.3 Å². The second-order valence-electron chi connectivity index (χ2n) is 15.4. The quantitative estimate of drug-likeness (QED) is 0.191. The Morgan fingerprint density at radius 2 is 1.24 bits per heavy atom. The molecular weight excluding hydrogens is 700 g/mol. The molecule has 0 unspecified atom stereocenters. The highest BCUT2D eigenvalue weighted by Crippen LogP contribution is 2.33. The topological polar surface area (TPSA) is 171 Å². The van der Waals surface area contributed by atoms with Crippen LogP contribution in [0.15, 0.2) is 70.6 Å². The molecule has 2 fully saturated rings. The van der Waals surface area contributed by atoms with E-state index in [0.29, 0.717) is 96.0 Å². The molecule has 2 aromatic carbocycles. The Morgan fingerprint density at radius 3 is 1.80 bits per heavy atom. The molecule has 0 atom stereocenters. The third kappa shape index (κ3) is 9.29. The summed E-state index contributed by atoms with van der Waals surface area (Å²) in [6.45, 7) is 6.67. The number of aliphatic hydroxyl groups is 2. The summed E-state index contributed by atoms with van der Waals surface area (Å²) in [5.41, 5.74) is 4.38. The van der Waals surface area contributed by atoms with E-state index in [4.69, 9.17) is 9.47 Å². The van der Waals surface area contributed by atoms with E-state index in [1.165, 1.54) is 12.4 Å². The molecule has 2 saturated carbocycles. The number of hydrogen-bond acceptors (Lipinski definition) is 11. The van der Waals surface area contributed by atoms with Crippen LogP contribution in [-0.2, 0) is 24.4 Å². The van der Waals surface area contributed by atoms with Crippen molar-refractivity contribution in [2.45, 2.75) is 115 Å². The molecule has 1 aliphatic heterocycles. The van der Waals surface area contributed by atoms with E-state index >= 15 is 0 Å². The Balaban J connectivity index is 0.000000184. The summed E-state index contributed by atoms with van der Waals surface area (Å²) >= 11 is 0. The van der Waals surface area contributed by atoms with Crippen molar-refractivity contribution < 1.29 is 24.5 Å². The minimum Gasteiger partial charge on any atom is -0.486 e.